The highest BCUT2D eigenvalue weighted by molar-refractivity contribution is 6.02. The molecule has 0 saturated carbocycles. The fourth-order valence-electron chi connectivity index (χ4n) is 1.90. The molecule has 6 nitrogen and oxygen atoms in total. The molecule has 0 fully saturated rings. The summed E-state index contributed by atoms with van der Waals surface area (Å²) in [6.07, 6.45) is 0. The molecule has 1 aromatic carbocycles. The molecule has 0 aliphatic carbocycles. The lowest BCUT2D eigenvalue weighted by atomic mass is 10.1. The highest BCUT2D eigenvalue weighted by Crippen LogP contribution is 2.25. The Hall–Kier alpha value is -2.76. The molecule has 1 N–H and O–H groups in total. The van der Waals surface area contributed by atoms with Crippen molar-refractivity contribution in [2.45, 2.75) is 13.8 Å². The monoisotopic (exact) mass is 302 g/mol. The topological polar surface area (TPSA) is 73.1 Å². The van der Waals surface area contributed by atoms with E-state index in [1.165, 1.54) is 0 Å². The summed E-state index contributed by atoms with van der Waals surface area (Å²) in [7, 11) is 3.15. The average Bonchev–Trinajstić information content (AvgIpc) is 2.98. The van der Waals surface area contributed by atoms with Crippen molar-refractivity contribution in [1.82, 2.24) is 5.43 Å². The lowest BCUT2D eigenvalue weighted by Gasteiger charge is -2.10. The van der Waals surface area contributed by atoms with Gasteiger partial charge >= 0.3 is 5.91 Å². The Morgan fingerprint density at radius 2 is 1.95 bits per heavy atom. The maximum atomic E-state index is 11.9. The molecule has 6 heteroatoms. The number of hydrogen-bond donors (Lipinski definition) is 1. The summed E-state index contributed by atoms with van der Waals surface area (Å²) >= 11 is 0. The van der Waals surface area contributed by atoms with Crippen molar-refractivity contribution in [3.05, 3.63) is 47.4 Å². The number of hydrogen-bond acceptors (Lipinski definition) is 5. The van der Waals surface area contributed by atoms with Gasteiger partial charge in [0, 0.05) is 11.6 Å². The van der Waals surface area contributed by atoms with Crippen molar-refractivity contribution in [2.24, 2.45) is 5.10 Å². The van der Waals surface area contributed by atoms with Crippen LogP contribution in [0.5, 0.6) is 11.5 Å². The van der Waals surface area contributed by atoms with Gasteiger partial charge in [-0.15, -0.1) is 0 Å². The average molecular weight is 302 g/mol. The second-order valence-electron chi connectivity index (χ2n) is 4.61. The number of amides is 1. The molecule has 22 heavy (non-hydrogen) atoms. The third kappa shape index (κ3) is 3.46. The zero-order chi connectivity index (χ0) is 16.1. The molecule has 116 valence electrons. The van der Waals surface area contributed by atoms with Crippen LogP contribution in [0.3, 0.4) is 0 Å². The smallest absolute Gasteiger partial charge is 0.307 e. The summed E-state index contributed by atoms with van der Waals surface area (Å²) in [4.78, 5) is 11.9. The molecular formula is C16H18N2O4. The number of aryl methyl sites for hydroxylation is 1. The Morgan fingerprint density at radius 1 is 1.18 bits per heavy atom. The highest BCUT2D eigenvalue weighted by atomic mass is 16.5. The number of furan rings is 1. The molecule has 1 aromatic heterocycles. The van der Waals surface area contributed by atoms with Crippen molar-refractivity contribution >= 4 is 11.6 Å². The summed E-state index contributed by atoms with van der Waals surface area (Å²) in [5.74, 6) is 1.78. The number of benzene rings is 1. The van der Waals surface area contributed by atoms with Gasteiger partial charge in [-0.2, -0.15) is 5.10 Å². The maximum absolute atomic E-state index is 11.9. The van der Waals surface area contributed by atoms with Gasteiger partial charge in [0.1, 0.15) is 17.3 Å². The van der Waals surface area contributed by atoms with Gasteiger partial charge in [0.15, 0.2) is 5.76 Å². The molecule has 2 rings (SSSR count). The molecule has 2 aromatic rings. The molecule has 0 aliphatic rings. The Morgan fingerprint density at radius 3 is 2.55 bits per heavy atom. The van der Waals surface area contributed by atoms with Crippen LogP contribution in [0, 0.1) is 6.92 Å². The van der Waals surface area contributed by atoms with Crippen LogP contribution in [0.25, 0.3) is 0 Å². The van der Waals surface area contributed by atoms with Gasteiger partial charge in [0.2, 0.25) is 0 Å². The third-order valence-corrected chi connectivity index (χ3v) is 3.09. The summed E-state index contributed by atoms with van der Waals surface area (Å²) in [5.41, 5.74) is 3.83. The zero-order valence-corrected chi connectivity index (χ0v) is 13.0. The minimum atomic E-state index is -0.403. The minimum absolute atomic E-state index is 0.218. The van der Waals surface area contributed by atoms with Crippen molar-refractivity contribution in [3.63, 3.8) is 0 Å². The van der Waals surface area contributed by atoms with Gasteiger partial charge in [0.05, 0.1) is 19.9 Å². The molecule has 0 unspecified atom stereocenters. The largest absolute Gasteiger partial charge is 0.497 e. The van der Waals surface area contributed by atoms with E-state index in [9.17, 15) is 4.79 Å². The normalized spacial score (nSPS) is 11.2. The zero-order valence-electron chi connectivity index (χ0n) is 13.0. The first-order chi connectivity index (χ1) is 10.5. The Kier molecular flexibility index (Phi) is 4.83. The van der Waals surface area contributed by atoms with Gasteiger partial charge in [-0.05, 0) is 38.1 Å². The van der Waals surface area contributed by atoms with Gasteiger partial charge < -0.3 is 13.9 Å². The Labute approximate surface area is 128 Å². The van der Waals surface area contributed by atoms with Crippen molar-refractivity contribution < 1.29 is 18.7 Å². The van der Waals surface area contributed by atoms with Gasteiger partial charge in [-0.3, -0.25) is 4.79 Å². The van der Waals surface area contributed by atoms with Crippen LogP contribution in [0.1, 0.15) is 28.8 Å². The highest BCUT2D eigenvalue weighted by Gasteiger charge is 2.11. The van der Waals surface area contributed by atoms with Gasteiger partial charge in [0.25, 0.3) is 0 Å². The van der Waals surface area contributed by atoms with E-state index in [4.69, 9.17) is 13.9 Å². The maximum Gasteiger partial charge on any atom is 0.307 e. The van der Waals surface area contributed by atoms with E-state index >= 15 is 0 Å². The number of methoxy groups -OCH3 is 2. The Balaban J connectivity index is 2.16. The van der Waals surface area contributed by atoms with Crippen LogP contribution in [-0.2, 0) is 0 Å². The second-order valence-corrected chi connectivity index (χ2v) is 4.61. The molecule has 0 atom stereocenters. The van der Waals surface area contributed by atoms with Crippen molar-refractivity contribution in [2.75, 3.05) is 14.2 Å². The standard InChI is InChI=1S/C16H18N2O4/c1-10-5-8-14(22-10)16(19)18-17-11(2)13-7-6-12(20-3)9-15(13)21-4/h5-9H,1-4H3,(H,18,19)/b17-11+. The van der Waals surface area contributed by atoms with Crippen LogP contribution >= 0.6 is 0 Å². The lowest BCUT2D eigenvalue weighted by molar-refractivity contribution is 0.0926. The minimum Gasteiger partial charge on any atom is -0.497 e. The van der Waals surface area contributed by atoms with E-state index in [1.54, 1.807) is 52.3 Å². The van der Waals surface area contributed by atoms with Gasteiger partial charge in [-0.25, -0.2) is 5.43 Å². The molecule has 1 heterocycles. The van der Waals surface area contributed by atoms with Crippen molar-refractivity contribution in [3.8, 4) is 11.5 Å². The first-order valence-corrected chi connectivity index (χ1v) is 6.68. The second kappa shape index (κ2) is 6.80. The summed E-state index contributed by atoms with van der Waals surface area (Å²) in [6.45, 7) is 3.55. The molecule has 0 saturated heterocycles. The van der Waals surface area contributed by atoms with E-state index < -0.39 is 5.91 Å². The van der Waals surface area contributed by atoms with Crippen LogP contribution in [0.2, 0.25) is 0 Å². The SMILES string of the molecule is COc1ccc(/C(C)=N/NC(=O)c2ccc(C)o2)c(OC)c1. The number of rotatable bonds is 5. The molecule has 0 spiro atoms. The van der Waals surface area contributed by atoms with E-state index in [0.29, 0.717) is 23.0 Å². The van der Waals surface area contributed by atoms with Crippen LogP contribution < -0.4 is 14.9 Å². The lowest BCUT2D eigenvalue weighted by Crippen LogP contribution is -2.18. The molecule has 0 aliphatic heterocycles. The number of nitrogens with zero attached hydrogens (tertiary/aromatic N) is 1. The number of carbonyl (C=O) groups is 1. The van der Waals surface area contributed by atoms with E-state index in [0.717, 1.165) is 5.56 Å². The van der Waals surface area contributed by atoms with Crippen molar-refractivity contribution in [1.29, 1.82) is 0 Å². The molecular weight excluding hydrogens is 284 g/mol. The molecule has 1 amide bonds. The summed E-state index contributed by atoms with van der Waals surface area (Å²) in [5, 5.41) is 4.08. The number of carbonyl (C=O) groups excluding carboxylic acids is 1. The molecule has 0 radical (unpaired) electrons. The summed E-state index contributed by atoms with van der Waals surface area (Å²) < 4.78 is 15.7. The predicted octanol–water partition coefficient (Wildman–Crippen LogP) is 2.76. The summed E-state index contributed by atoms with van der Waals surface area (Å²) in [6, 6.07) is 8.70. The first-order valence-electron chi connectivity index (χ1n) is 6.68. The predicted molar refractivity (Wildman–Crippen MR) is 82.7 cm³/mol. The van der Waals surface area contributed by atoms with Crippen LogP contribution in [0.4, 0.5) is 0 Å². The fraction of sp³-hybridized carbons (Fsp3) is 0.250. The van der Waals surface area contributed by atoms with E-state index in [2.05, 4.69) is 10.5 Å². The Bertz CT molecular complexity index is 704. The third-order valence-electron chi connectivity index (χ3n) is 3.09. The number of nitrogens with one attached hydrogen (secondary N) is 1. The van der Waals surface area contributed by atoms with Crippen LogP contribution in [0.15, 0.2) is 39.9 Å². The number of hydrazone groups is 1. The number of ether oxygens (including phenoxy) is 2. The van der Waals surface area contributed by atoms with E-state index in [1.807, 2.05) is 6.07 Å². The first kappa shape index (κ1) is 15.6. The van der Waals surface area contributed by atoms with E-state index in [-0.39, 0.29) is 5.76 Å². The van der Waals surface area contributed by atoms with Crippen LogP contribution in [-0.4, -0.2) is 25.8 Å². The van der Waals surface area contributed by atoms with Gasteiger partial charge in [-0.1, -0.05) is 0 Å². The molecule has 0 bridgehead atoms. The fourth-order valence-corrected chi connectivity index (χ4v) is 1.90. The quantitative estimate of drug-likeness (QED) is 0.681.